The number of carbonyl (C=O) groups excluding carboxylic acids is 4. The largest absolute Gasteiger partial charge is 0.550 e. The lowest BCUT2D eigenvalue weighted by Gasteiger charge is -2.35. The highest BCUT2D eigenvalue weighted by Crippen LogP contribution is 2.37. The molecular weight excluding hydrogens is 496 g/mol. The number of hydrogen-bond acceptors (Lipinski definition) is 8. The van der Waals surface area contributed by atoms with Crippen molar-refractivity contribution in [1.82, 2.24) is 15.6 Å². The maximum Gasteiger partial charge on any atom is 0.532 e. The van der Waals surface area contributed by atoms with Gasteiger partial charge in [-0.1, -0.05) is 31.4 Å². The Morgan fingerprint density at radius 3 is 2.03 bits per heavy atom. The van der Waals surface area contributed by atoms with Crippen molar-refractivity contribution >= 4 is 30.4 Å². The molecule has 0 radical (unpaired) electrons. The number of rotatable bonds is 8. The Morgan fingerprint density at radius 1 is 1.08 bits per heavy atom. The Balaban J connectivity index is 3.51. The van der Waals surface area contributed by atoms with Gasteiger partial charge in [0.05, 0.1) is 13.2 Å². The summed E-state index contributed by atoms with van der Waals surface area (Å²) in [5.41, 5.74) is -1.71. The number of hydrazine groups is 1. The number of amides is 3. The fourth-order valence-electron chi connectivity index (χ4n) is 4.67. The highest BCUT2D eigenvalue weighted by molar-refractivity contribution is 5.74. The molecule has 0 aliphatic heterocycles. The lowest BCUT2D eigenvalue weighted by Crippen LogP contribution is -2.54. The zero-order valence-electron chi connectivity index (χ0n) is 24.4. The van der Waals surface area contributed by atoms with Gasteiger partial charge in [0.25, 0.3) is 6.34 Å². The number of carboxylic acid groups (broad SMARTS) is 1. The van der Waals surface area contributed by atoms with Gasteiger partial charge in [0, 0.05) is 30.8 Å². The Labute approximate surface area is 225 Å². The van der Waals surface area contributed by atoms with E-state index in [1.165, 1.54) is 20.3 Å². The fraction of sp³-hybridized carbons (Fsp3) is 0.808. The van der Waals surface area contributed by atoms with E-state index in [1.54, 1.807) is 41.5 Å². The molecule has 1 rings (SSSR count). The van der Waals surface area contributed by atoms with Gasteiger partial charge in [0.1, 0.15) is 17.2 Å². The van der Waals surface area contributed by atoms with Crippen LogP contribution < -0.4 is 15.7 Å². The molecule has 0 bridgehead atoms. The molecule has 1 aliphatic rings. The van der Waals surface area contributed by atoms with Gasteiger partial charge in [-0.05, 0) is 53.9 Å². The van der Waals surface area contributed by atoms with Gasteiger partial charge < -0.3 is 29.8 Å². The Kier molecular flexibility index (Phi) is 11.6. The molecule has 0 aromatic carbocycles. The molecule has 38 heavy (non-hydrogen) atoms. The summed E-state index contributed by atoms with van der Waals surface area (Å²) in [5, 5.41) is 29.7. The summed E-state index contributed by atoms with van der Waals surface area (Å²) in [4.78, 5) is 49.7. The first-order chi connectivity index (χ1) is 17.3. The molecule has 0 saturated heterocycles. The van der Waals surface area contributed by atoms with Crippen LogP contribution in [0.15, 0.2) is 0 Å². The predicted octanol–water partition coefficient (Wildman–Crippen LogP) is 1.39. The maximum atomic E-state index is 13.0. The second-order valence-electron chi connectivity index (χ2n) is 11.8. The van der Waals surface area contributed by atoms with Crippen molar-refractivity contribution in [1.29, 1.82) is 0 Å². The monoisotopic (exact) mass is 542 g/mol. The second-order valence-corrected chi connectivity index (χ2v) is 11.8. The number of hydrazone groups is 1. The Hall–Kier alpha value is -2.89. The van der Waals surface area contributed by atoms with Crippen molar-refractivity contribution in [3.05, 3.63) is 0 Å². The predicted molar refractivity (Wildman–Crippen MR) is 138 cm³/mol. The number of nitrogens with one attached hydrogen (secondary N) is 2. The van der Waals surface area contributed by atoms with Gasteiger partial charge in [0.15, 0.2) is 0 Å². The molecule has 1 aliphatic carbocycles. The minimum absolute atomic E-state index is 0.0286. The molecule has 0 spiro atoms. The number of carbonyl (C=O) groups is 4. The van der Waals surface area contributed by atoms with E-state index in [0.29, 0.717) is 12.8 Å². The third-order valence-corrected chi connectivity index (χ3v) is 6.40. The number of aliphatic hydroxyl groups excluding tert-OH is 1. The van der Waals surface area contributed by atoms with E-state index in [4.69, 9.17) is 9.47 Å². The van der Waals surface area contributed by atoms with Crippen LogP contribution in [-0.2, 0) is 19.1 Å². The maximum absolute atomic E-state index is 13.0. The molecule has 0 heterocycles. The average Bonchev–Trinajstić information content (AvgIpc) is 3.07. The molecule has 0 aromatic heterocycles. The number of aliphatic carboxylic acids is 1. The zero-order valence-corrected chi connectivity index (χ0v) is 24.4. The smallest absolute Gasteiger partial charge is 0.532 e. The lowest BCUT2D eigenvalue weighted by atomic mass is 9.80. The summed E-state index contributed by atoms with van der Waals surface area (Å²) in [7, 11) is 1.32. The molecule has 12 nitrogen and oxygen atoms in total. The first kappa shape index (κ1) is 33.1. The van der Waals surface area contributed by atoms with E-state index in [2.05, 4.69) is 10.6 Å². The van der Waals surface area contributed by atoms with Gasteiger partial charge in [-0.25, -0.2) is 4.79 Å². The van der Waals surface area contributed by atoms with Crippen molar-refractivity contribution in [3.8, 4) is 0 Å². The van der Waals surface area contributed by atoms with Gasteiger partial charge in [0.2, 0.25) is 5.91 Å². The van der Waals surface area contributed by atoms with E-state index in [0.717, 1.165) is 9.69 Å². The second kappa shape index (κ2) is 13.3. The molecule has 1 saturated carbocycles. The van der Waals surface area contributed by atoms with E-state index >= 15 is 0 Å². The van der Waals surface area contributed by atoms with Crippen LogP contribution in [0.1, 0.15) is 81.6 Å². The molecule has 5 atom stereocenters. The molecule has 5 unspecified atom stereocenters. The lowest BCUT2D eigenvalue weighted by molar-refractivity contribution is -0.594. The molecule has 218 valence electrons. The van der Waals surface area contributed by atoms with Crippen molar-refractivity contribution < 1.29 is 43.5 Å². The van der Waals surface area contributed by atoms with E-state index < -0.39 is 59.4 Å². The normalized spacial score (nSPS) is 23.0. The highest BCUT2D eigenvalue weighted by atomic mass is 16.6. The number of aliphatic hydroxyl groups is 1. The third kappa shape index (κ3) is 9.45. The van der Waals surface area contributed by atoms with Gasteiger partial charge >= 0.3 is 12.2 Å². The summed E-state index contributed by atoms with van der Waals surface area (Å²) in [5.74, 6) is -3.69. The van der Waals surface area contributed by atoms with Crippen LogP contribution >= 0.6 is 0 Å². The number of hydrogen-bond donors (Lipinski definition) is 3. The van der Waals surface area contributed by atoms with Crippen LogP contribution in [0.25, 0.3) is 0 Å². The Morgan fingerprint density at radius 2 is 1.61 bits per heavy atom. The number of carboxylic acids is 1. The van der Waals surface area contributed by atoms with Crippen LogP contribution in [0.5, 0.6) is 0 Å². The highest BCUT2D eigenvalue weighted by Gasteiger charge is 2.50. The molecule has 3 amide bonds. The first-order valence-corrected chi connectivity index (χ1v) is 13.1. The molecular formula is C26H46N4O8. The van der Waals surface area contributed by atoms with Crippen LogP contribution in [0.3, 0.4) is 0 Å². The molecule has 0 aromatic rings. The summed E-state index contributed by atoms with van der Waals surface area (Å²) < 4.78 is 11.7. The third-order valence-electron chi connectivity index (χ3n) is 6.40. The van der Waals surface area contributed by atoms with Crippen molar-refractivity contribution in [2.45, 2.75) is 111 Å². The molecule has 12 heteroatoms. The molecule has 1 fully saturated rings. The SMILES string of the molecule is CCC(CC)C(NC(C)=O)C1C(NC=[N+](C(=O)OC(C)(C)C)N(C)C(=O)OC(C)(C)C)CC(C(=O)[O-])C1O. The average molecular weight is 543 g/mol. The van der Waals surface area contributed by atoms with E-state index in [1.807, 2.05) is 13.8 Å². The van der Waals surface area contributed by atoms with Gasteiger partial charge in [-0.2, -0.15) is 4.79 Å². The van der Waals surface area contributed by atoms with Gasteiger partial charge in [-0.15, -0.1) is 5.01 Å². The minimum atomic E-state index is -1.41. The fourth-order valence-corrected chi connectivity index (χ4v) is 4.67. The number of ether oxygens (including phenoxy) is 2. The summed E-state index contributed by atoms with van der Waals surface area (Å²) in [6.07, 6.45) is -0.502. The summed E-state index contributed by atoms with van der Waals surface area (Å²) >= 11 is 0. The first-order valence-electron chi connectivity index (χ1n) is 13.1. The van der Waals surface area contributed by atoms with Gasteiger partial charge in [-0.3, -0.25) is 10.1 Å². The summed E-state index contributed by atoms with van der Waals surface area (Å²) in [6.45, 7) is 15.3. The van der Waals surface area contributed by atoms with Crippen molar-refractivity contribution in [3.63, 3.8) is 0 Å². The topological polar surface area (TPSA) is 160 Å². The van der Waals surface area contributed by atoms with E-state index in [9.17, 15) is 29.4 Å². The van der Waals surface area contributed by atoms with E-state index in [-0.39, 0.29) is 18.2 Å². The standard InChI is InChI=1S/C26H46N4O8/c1-11-16(12-2)20(28-15(3)31)19-18(13-17(21(19)32)22(33)34)27-14-30(24(36)38-26(7,8)9)29(10)23(35)37-25(4,5)6/h14,16-21,32H,11-13H2,1-10H3,(H2,28,31,33,34). The quantitative estimate of drug-likeness (QED) is 0.178. The van der Waals surface area contributed by atoms with Crippen molar-refractivity contribution in [2.75, 3.05) is 7.05 Å². The Bertz CT molecular complexity index is 889. The van der Waals surface area contributed by atoms with Crippen LogP contribution in [-0.4, -0.2) is 81.6 Å². The number of nitrogens with zero attached hydrogens (tertiary/aromatic N) is 2. The zero-order chi connectivity index (χ0) is 29.6. The van der Waals surface area contributed by atoms with Crippen LogP contribution in [0.4, 0.5) is 9.59 Å². The van der Waals surface area contributed by atoms with Crippen LogP contribution in [0, 0.1) is 17.8 Å². The van der Waals surface area contributed by atoms with Crippen molar-refractivity contribution in [2.24, 2.45) is 17.8 Å². The van der Waals surface area contributed by atoms with Crippen LogP contribution in [0.2, 0.25) is 0 Å². The minimum Gasteiger partial charge on any atom is -0.550 e. The molecule has 3 N–H and O–H groups in total. The summed E-state index contributed by atoms with van der Waals surface area (Å²) in [6, 6.07) is -1.24.